The number of fused-ring (bicyclic) bond motifs is 2. The van der Waals surface area contributed by atoms with Gasteiger partial charge in [0, 0.05) is 11.1 Å². The van der Waals surface area contributed by atoms with Gasteiger partial charge >= 0.3 is 23.9 Å². The summed E-state index contributed by atoms with van der Waals surface area (Å²) in [5.74, 6) is -2.63. The summed E-state index contributed by atoms with van der Waals surface area (Å²) in [7, 11) is 0. The fraction of sp³-hybridized carbons (Fsp3) is 0.189. The summed E-state index contributed by atoms with van der Waals surface area (Å²) in [4.78, 5) is 74.1. The van der Waals surface area contributed by atoms with E-state index in [9.17, 15) is 28.8 Å². The Morgan fingerprint density at radius 1 is 0.522 bits per heavy atom. The van der Waals surface area contributed by atoms with E-state index >= 15 is 0 Å². The van der Waals surface area contributed by atoms with Crippen LogP contribution in [0.15, 0.2) is 48.5 Å². The molecule has 0 spiro atoms. The summed E-state index contributed by atoms with van der Waals surface area (Å²) in [6.07, 6.45) is -0.190. The number of ketones is 2. The van der Waals surface area contributed by atoms with Crippen LogP contribution in [0.3, 0.4) is 0 Å². The highest BCUT2D eigenvalue weighted by Crippen LogP contribution is 2.40. The molecule has 230 valence electrons. The first-order valence-electron chi connectivity index (χ1n) is 14.5. The van der Waals surface area contributed by atoms with Gasteiger partial charge in [-0.3, -0.25) is 9.59 Å². The minimum absolute atomic E-state index is 0.0219. The van der Waals surface area contributed by atoms with Crippen molar-refractivity contribution in [3.63, 3.8) is 0 Å². The molecule has 4 aromatic rings. The van der Waals surface area contributed by atoms with Crippen LogP contribution in [-0.4, -0.2) is 35.4 Å². The smallest absolute Gasteiger partial charge is 0.346 e. The zero-order valence-electron chi connectivity index (χ0n) is 26.0. The first-order valence-corrected chi connectivity index (χ1v) is 14.5. The highest BCUT2D eigenvalue weighted by atomic mass is 16.6. The molecule has 0 aromatic heterocycles. The lowest BCUT2D eigenvalue weighted by atomic mass is 9.88. The first kappa shape index (κ1) is 30.3. The predicted molar refractivity (Wildman–Crippen MR) is 166 cm³/mol. The Bertz CT molecular complexity index is 1970. The molecule has 46 heavy (non-hydrogen) atoms. The van der Waals surface area contributed by atoms with Gasteiger partial charge in [-0.2, -0.15) is 0 Å². The third-order valence-electron chi connectivity index (χ3n) is 8.79. The van der Waals surface area contributed by atoms with Crippen LogP contribution in [-0.2, 0) is 4.74 Å². The number of aryl methyl sites for hydroxylation is 2. The molecule has 0 amide bonds. The Balaban J connectivity index is 1.28. The van der Waals surface area contributed by atoms with Gasteiger partial charge in [0.2, 0.25) is 0 Å². The van der Waals surface area contributed by atoms with Crippen LogP contribution in [0.5, 0.6) is 11.5 Å². The molecule has 1 heterocycles. The molecule has 2 aliphatic rings. The van der Waals surface area contributed by atoms with Crippen molar-refractivity contribution in [2.24, 2.45) is 0 Å². The van der Waals surface area contributed by atoms with Crippen molar-refractivity contribution in [1.82, 2.24) is 0 Å². The number of hydrogen-bond acceptors (Lipinski definition) is 9. The number of carbonyl (C=O) groups is 6. The summed E-state index contributed by atoms with van der Waals surface area (Å²) in [6, 6.07) is 12.4. The molecule has 0 atom stereocenters. The number of Topliss-reactive ketones (excluding diaryl/α,β-unsaturated/α-hetero) is 2. The summed E-state index contributed by atoms with van der Waals surface area (Å²) in [5.41, 5.74) is 7.50. The first-order chi connectivity index (χ1) is 21.8. The number of esters is 4. The van der Waals surface area contributed by atoms with Crippen molar-refractivity contribution in [2.75, 3.05) is 0 Å². The number of rotatable bonds is 5. The third-order valence-corrected chi connectivity index (χ3v) is 8.79. The highest BCUT2D eigenvalue weighted by Gasteiger charge is 2.31. The number of ether oxygens (including phenoxy) is 3. The maximum Gasteiger partial charge on any atom is 0.346 e. The average Bonchev–Trinajstić information content (AvgIpc) is 3.48. The lowest BCUT2D eigenvalue weighted by molar-refractivity contribution is 0.0442. The number of carbonyl (C=O) groups excluding carboxylic acids is 6. The average molecular weight is 617 g/mol. The van der Waals surface area contributed by atoms with Crippen LogP contribution in [0, 0.1) is 41.5 Å². The Kier molecular flexibility index (Phi) is 7.27. The van der Waals surface area contributed by atoms with Crippen molar-refractivity contribution < 1.29 is 43.0 Å². The molecule has 0 unspecified atom stereocenters. The van der Waals surface area contributed by atoms with Gasteiger partial charge in [0.25, 0.3) is 0 Å². The summed E-state index contributed by atoms with van der Waals surface area (Å²) < 4.78 is 16.3. The van der Waals surface area contributed by atoms with Crippen LogP contribution in [0.2, 0.25) is 0 Å². The number of cyclic esters (lactones) is 2. The third kappa shape index (κ3) is 4.90. The number of hydrogen-bond donors (Lipinski definition) is 0. The van der Waals surface area contributed by atoms with Gasteiger partial charge in [0.1, 0.15) is 11.5 Å². The van der Waals surface area contributed by atoms with Crippen molar-refractivity contribution in [3.8, 4) is 22.6 Å². The molecule has 0 N–H and O–H groups in total. The monoisotopic (exact) mass is 616 g/mol. The molecule has 0 saturated carbocycles. The molecule has 0 bridgehead atoms. The van der Waals surface area contributed by atoms with Crippen LogP contribution in [0.25, 0.3) is 11.1 Å². The maximum absolute atomic E-state index is 13.1. The number of benzene rings is 4. The van der Waals surface area contributed by atoms with Crippen molar-refractivity contribution in [2.45, 2.75) is 48.0 Å². The Labute approximate surface area is 264 Å². The predicted octanol–water partition coefficient (Wildman–Crippen LogP) is 6.72. The van der Waals surface area contributed by atoms with E-state index in [0.717, 1.165) is 38.9 Å². The van der Waals surface area contributed by atoms with Crippen LogP contribution >= 0.6 is 0 Å². The maximum atomic E-state index is 13.1. The van der Waals surface area contributed by atoms with Gasteiger partial charge in [0.15, 0.2) is 11.6 Å². The second kappa shape index (κ2) is 11.0. The molecule has 9 heteroatoms. The van der Waals surface area contributed by atoms with Gasteiger partial charge in [-0.15, -0.1) is 0 Å². The van der Waals surface area contributed by atoms with Crippen molar-refractivity contribution >= 4 is 35.4 Å². The van der Waals surface area contributed by atoms with E-state index in [1.54, 1.807) is 0 Å². The minimum Gasteiger partial charge on any atom is -0.422 e. The van der Waals surface area contributed by atoms with E-state index in [1.807, 2.05) is 53.7 Å². The topological polar surface area (TPSA) is 130 Å². The highest BCUT2D eigenvalue weighted by molar-refractivity contribution is 6.24. The second-order valence-corrected chi connectivity index (χ2v) is 11.6. The van der Waals surface area contributed by atoms with Gasteiger partial charge in [-0.1, -0.05) is 0 Å². The Morgan fingerprint density at radius 3 is 1.48 bits per heavy atom. The lowest BCUT2D eigenvalue weighted by Crippen LogP contribution is -2.13. The van der Waals surface area contributed by atoms with Crippen molar-refractivity contribution in [1.29, 1.82) is 0 Å². The van der Waals surface area contributed by atoms with Gasteiger partial charge in [-0.05, 0) is 135 Å². The zero-order valence-corrected chi connectivity index (χ0v) is 26.0. The summed E-state index contributed by atoms with van der Waals surface area (Å²) in [6.45, 7) is 11.3. The van der Waals surface area contributed by atoms with E-state index < -0.39 is 23.9 Å². The molecule has 6 rings (SSSR count). The molecule has 0 saturated heterocycles. The molecular weight excluding hydrogens is 588 g/mol. The fourth-order valence-electron chi connectivity index (χ4n) is 5.99. The lowest BCUT2D eigenvalue weighted by Gasteiger charge is -2.21. The van der Waals surface area contributed by atoms with Gasteiger partial charge in [-0.25, -0.2) is 19.2 Å². The largest absolute Gasteiger partial charge is 0.422 e. The molecule has 0 fully saturated rings. The second-order valence-electron chi connectivity index (χ2n) is 11.6. The van der Waals surface area contributed by atoms with Gasteiger partial charge < -0.3 is 14.2 Å². The van der Waals surface area contributed by atoms with E-state index in [0.29, 0.717) is 22.6 Å². The Hall–Kier alpha value is -5.70. The van der Waals surface area contributed by atoms with Gasteiger partial charge in [0.05, 0.1) is 28.7 Å². The SMILES string of the molecule is Cc1cc(-c2cc(C)c(OC(=O)c3ccc4c(c3)C(=O)OC4=O)c(C)c2C)c(C)c(C)c1OC(=O)c1ccc2c(c1)C(=O)CC2=O. The van der Waals surface area contributed by atoms with E-state index in [1.165, 1.54) is 36.4 Å². The molecule has 1 aliphatic carbocycles. The Morgan fingerprint density at radius 2 is 0.957 bits per heavy atom. The quantitative estimate of drug-likeness (QED) is 0.136. The molecular formula is C37H28O9. The van der Waals surface area contributed by atoms with E-state index in [-0.39, 0.29) is 45.8 Å². The van der Waals surface area contributed by atoms with Crippen molar-refractivity contribution in [3.05, 3.63) is 115 Å². The van der Waals surface area contributed by atoms with Crippen LogP contribution in [0.1, 0.15) is 102 Å². The molecule has 1 aliphatic heterocycles. The molecule has 0 radical (unpaired) electrons. The fourth-order valence-corrected chi connectivity index (χ4v) is 5.99. The minimum atomic E-state index is -0.804. The van der Waals surface area contributed by atoms with E-state index in [2.05, 4.69) is 4.74 Å². The summed E-state index contributed by atoms with van der Waals surface area (Å²) in [5, 5.41) is 0. The summed E-state index contributed by atoms with van der Waals surface area (Å²) >= 11 is 0. The standard InChI is InChI=1S/C37H28O9/c1-16-11-26(18(3)20(5)32(16)44-34(40)22-7-9-24-28(13-22)31(39)15-30(24)38)27-12-17(2)33(21(6)19(27)4)45-35(41)23-8-10-25-29(14-23)37(43)46-36(25)42/h7-14H,15H2,1-6H3. The molecule has 4 aromatic carbocycles. The van der Waals surface area contributed by atoms with Crippen LogP contribution < -0.4 is 9.47 Å². The normalized spacial score (nSPS) is 13.4. The molecule has 9 nitrogen and oxygen atoms in total. The van der Waals surface area contributed by atoms with Crippen LogP contribution in [0.4, 0.5) is 0 Å². The zero-order chi connectivity index (χ0) is 33.2. The van der Waals surface area contributed by atoms with E-state index in [4.69, 9.17) is 9.47 Å².